The van der Waals surface area contributed by atoms with Gasteiger partial charge in [0.25, 0.3) is 0 Å². The van der Waals surface area contributed by atoms with E-state index in [1.165, 1.54) is 0 Å². The van der Waals surface area contributed by atoms with Crippen LogP contribution in [0, 0.1) is 15.5 Å². The van der Waals surface area contributed by atoms with Gasteiger partial charge < -0.3 is 0 Å². The van der Waals surface area contributed by atoms with Crippen LogP contribution in [-0.2, 0) is 0 Å². The second kappa shape index (κ2) is 4.07. The Balaban J connectivity index is 4.51. The van der Waals surface area contributed by atoms with Gasteiger partial charge in [0.15, 0.2) is 0 Å². The van der Waals surface area contributed by atoms with E-state index >= 15 is 0 Å². The minimum atomic E-state index is -0.743. The molecule has 0 aliphatic rings. The van der Waals surface area contributed by atoms with Gasteiger partial charge >= 0.3 is 0 Å². The lowest BCUT2D eigenvalue weighted by atomic mass is 9.79. The van der Waals surface area contributed by atoms with Crippen molar-refractivity contribution in [3.63, 3.8) is 0 Å². The first-order valence-electron chi connectivity index (χ1n) is 4.86. The Hall–Kier alpha value is -0.600. The molecule has 3 heteroatoms. The summed E-state index contributed by atoms with van der Waals surface area (Å²) in [4.78, 5) is 10.8. The lowest BCUT2D eigenvalue weighted by Crippen LogP contribution is -2.38. The average molecular weight is 187 g/mol. The first-order valence-corrected chi connectivity index (χ1v) is 4.86. The Kier molecular flexibility index (Phi) is 3.88. The predicted molar refractivity (Wildman–Crippen MR) is 54.4 cm³/mol. The maximum absolute atomic E-state index is 10.9. The number of hydrogen-bond acceptors (Lipinski definition) is 2. The maximum atomic E-state index is 10.9. The maximum Gasteiger partial charge on any atom is 0.220 e. The number of hydrogen-bond donors (Lipinski definition) is 0. The minimum Gasteiger partial charge on any atom is -0.264 e. The molecule has 13 heavy (non-hydrogen) atoms. The van der Waals surface area contributed by atoms with Gasteiger partial charge in [0.05, 0.1) is 0 Å². The summed E-state index contributed by atoms with van der Waals surface area (Å²) < 4.78 is 0. The zero-order valence-electron chi connectivity index (χ0n) is 9.39. The second-order valence-corrected chi connectivity index (χ2v) is 5.24. The largest absolute Gasteiger partial charge is 0.264 e. The SMILES string of the molecule is CCCC(C)(CC(C)(C)C)[N+](=O)[O-]. The third-order valence-corrected chi connectivity index (χ3v) is 2.14. The normalized spacial score (nSPS) is 16.7. The van der Waals surface area contributed by atoms with Gasteiger partial charge in [0.1, 0.15) is 0 Å². The van der Waals surface area contributed by atoms with Gasteiger partial charge in [-0.2, -0.15) is 0 Å². The fourth-order valence-corrected chi connectivity index (χ4v) is 1.93. The molecular weight excluding hydrogens is 166 g/mol. The summed E-state index contributed by atoms with van der Waals surface area (Å²) in [6, 6.07) is 0. The van der Waals surface area contributed by atoms with Crippen LogP contribution in [0.15, 0.2) is 0 Å². The van der Waals surface area contributed by atoms with Gasteiger partial charge in [0.2, 0.25) is 5.54 Å². The molecule has 78 valence electrons. The molecule has 0 aromatic heterocycles. The molecule has 0 amide bonds. The van der Waals surface area contributed by atoms with Crippen molar-refractivity contribution in [1.29, 1.82) is 0 Å². The van der Waals surface area contributed by atoms with Crippen LogP contribution in [0.25, 0.3) is 0 Å². The Labute approximate surface area is 80.7 Å². The van der Waals surface area contributed by atoms with E-state index < -0.39 is 5.54 Å². The molecule has 0 spiro atoms. The Morgan fingerprint density at radius 1 is 1.23 bits per heavy atom. The third-order valence-electron chi connectivity index (χ3n) is 2.14. The van der Waals surface area contributed by atoms with E-state index in [4.69, 9.17) is 0 Å². The van der Waals surface area contributed by atoms with Crippen LogP contribution < -0.4 is 0 Å². The molecule has 0 rings (SSSR count). The van der Waals surface area contributed by atoms with Crippen LogP contribution in [0.4, 0.5) is 0 Å². The van der Waals surface area contributed by atoms with Gasteiger partial charge in [-0.25, -0.2) is 0 Å². The molecule has 0 aromatic carbocycles. The van der Waals surface area contributed by atoms with Crippen molar-refractivity contribution < 1.29 is 4.92 Å². The van der Waals surface area contributed by atoms with Gasteiger partial charge in [0, 0.05) is 24.7 Å². The first kappa shape index (κ1) is 12.4. The highest BCUT2D eigenvalue weighted by Crippen LogP contribution is 2.32. The zero-order chi connectivity index (χ0) is 10.7. The molecule has 1 unspecified atom stereocenters. The molecule has 0 fully saturated rings. The number of rotatable bonds is 4. The fraction of sp³-hybridized carbons (Fsp3) is 1.00. The van der Waals surface area contributed by atoms with Crippen molar-refractivity contribution in [2.75, 3.05) is 0 Å². The topological polar surface area (TPSA) is 43.1 Å². The lowest BCUT2D eigenvalue weighted by molar-refractivity contribution is -0.570. The Morgan fingerprint density at radius 2 is 1.69 bits per heavy atom. The van der Waals surface area contributed by atoms with Crippen LogP contribution in [0.2, 0.25) is 0 Å². The summed E-state index contributed by atoms with van der Waals surface area (Å²) >= 11 is 0. The fourth-order valence-electron chi connectivity index (χ4n) is 1.93. The predicted octanol–water partition coefficient (Wildman–Crippen LogP) is 3.26. The molecule has 0 heterocycles. The molecular formula is C10H21NO2. The summed E-state index contributed by atoms with van der Waals surface area (Å²) in [5, 5.41) is 10.9. The minimum absolute atomic E-state index is 0.0248. The molecule has 0 aromatic rings. The summed E-state index contributed by atoms with van der Waals surface area (Å²) in [5.74, 6) is 0. The molecule has 0 radical (unpaired) electrons. The van der Waals surface area contributed by atoms with Gasteiger partial charge in [-0.1, -0.05) is 27.7 Å². The Bertz CT molecular complexity index is 184. The van der Waals surface area contributed by atoms with Crippen LogP contribution in [0.3, 0.4) is 0 Å². The Morgan fingerprint density at radius 3 is 1.92 bits per heavy atom. The van der Waals surface area contributed by atoms with Crippen LogP contribution in [0.5, 0.6) is 0 Å². The van der Waals surface area contributed by atoms with E-state index in [2.05, 4.69) is 0 Å². The highest BCUT2D eigenvalue weighted by Gasteiger charge is 2.39. The molecule has 0 N–H and O–H groups in total. The monoisotopic (exact) mass is 187 g/mol. The van der Waals surface area contributed by atoms with E-state index in [1.807, 2.05) is 27.7 Å². The molecule has 1 atom stereocenters. The highest BCUT2D eigenvalue weighted by molar-refractivity contribution is 4.79. The standard InChI is InChI=1S/C10H21NO2/c1-6-7-10(5,11(12)13)8-9(2,3)4/h6-8H2,1-5H3. The number of nitro groups is 1. The van der Waals surface area contributed by atoms with Crippen molar-refractivity contribution in [2.45, 2.75) is 59.4 Å². The summed E-state index contributed by atoms with van der Waals surface area (Å²) in [6.45, 7) is 9.88. The quantitative estimate of drug-likeness (QED) is 0.501. The summed E-state index contributed by atoms with van der Waals surface area (Å²) in [5.41, 5.74) is -0.718. The van der Waals surface area contributed by atoms with E-state index in [0.717, 1.165) is 6.42 Å². The van der Waals surface area contributed by atoms with Gasteiger partial charge in [-0.15, -0.1) is 0 Å². The average Bonchev–Trinajstić information content (AvgIpc) is 1.82. The van der Waals surface area contributed by atoms with Crippen molar-refractivity contribution in [3.05, 3.63) is 10.1 Å². The van der Waals surface area contributed by atoms with E-state index in [-0.39, 0.29) is 10.3 Å². The van der Waals surface area contributed by atoms with E-state index in [0.29, 0.717) is 12.8 Å². The highest BCUT2D eigenvalue weighted by atomic mass is 16.6. The van der Waals surface area contributed by atoms with Crippen LogP contribution in [-0.4, -0.2) is 10.5 Å². The molecule has 0 saturated carbocycles. The van der Waals surface area contributed by atoms with Crippen LogP contribution >= 0.6 is 0 Å². The van der Waals surface area contributed by atoms with Crippen molar-refractivity contribution >= 4 is 0 Å². The molecule has 3 nitrogen and oxygen atoms in total. The van der Waals surface area contributed by atoms with E-state index in [9.17, 15) is 10.1 Å². The zero-order valence-corrected chi connectivity index (χ0v) is 9.39. The second-order valence-electron chi connectivity index (χ2n) is 5.24. The lowest BCUT2D eigenvalue weighted by Gasteiger charge is -2.28. The van der Waals surface area contributed by atoms with E-state index in [1.54, 1.807) is 6.92 Å². The van der Waals surface area contributed by atoms with Crippen molar-refractivity contribution in [1.82, 2.24) is 0 Å². The first-order chi connectivity index (χ1) is 5.71. The molecule has 0 bridgehead atoms. The smallest absolute Gasteiger partial charge is 0.220 e. The van der Waals surface area contributed by atoms with Crippen molar-refractivity contribution in [2.24, 2.45) is 5.41 Å². The summed E-state index contributed by atoms with van der Waals surface area (Å²) in [7, 11) is 0. The molecule has 0 aliphatic heterocycles. The third kappa shape index (κ3) is 4.25. The van der Waals surface area contributed by atoms with Gasteiger partial charge in [-0.3, -0.25) is 10.1 Å². The molecule has 0 aliphatic carbocycles. The summed E-state index contributed by atoms with van der Waals surface area (Å²) in [6.07, 6.45) is 2.17. The van der Waals surface area contributed by atoms with Gasteiger partial charge in [-0.05, 0) is 11.8 Å². The number of nitrogens with zero attached hydrogens (tertiary/aromatic N) is 1. The molecule has 0 saturated heterocycles. The van der Waals surface area contributed by atoms with Crippen molar-refractivity contribution in [3.8, 4) is 0 Å². The van der Waals surface area contributed by atoms with Crippen LogP contribution in [0.1, 0.15) is 53.9 Å².